The van der Waals surface area contributed by atoms with Crippen molar-refractivity contribution in [2.45, 2.75) is 24.3 Å². The molecule has 136 valence electrons. The molecule has 0 aliphatic carbocycles. The maximum Gasteiger partial charge on any atom is 0.324 e. The molecular formula is C19H18ClNO4S. The van der Waals surface area contributed by atoms with Gasteiger partial charge in [-0.1, -0.05) is 41.1 Å². The second kappa shape index (κ2) is 8.86. The highest BCUT2D eigenvalue weighted by Gasteiger charge is 2.25. The molecule has 0 aliphatic rings. The Morgan fingerprint density at radius 2 is 1.77 bits per heavy atom. The highest BCUT2D eigenvalue weighted by atomic mass is 35.5. The number of aryl methyl sites for hydroxylation is 1. The van der Waals surface area contributed by atoms with Gasteiger partial charge in [0.1, 0.15) is 6.04 Å². The molecule has 7 heteroatoms. The Balaban J connectivity index is 2.16. The molecule has 0 bridgehead atoms. The van der Waals surface area contributed by atoms with Crippen LogP contribution < -0.4 is 4.72 Å². The lowest BCUT2D eigenvalue weighted by Crippen LogP contribution is -2.41. The standard InChI is InChI=1S/C19H18ClNO4S/c1-14-6-12-17(13-7-14)26(23,24)21-18(19(22)25-2)5-3-4-15-8-10-16(20)11-9-15/h6-13,18,21H,5H2,1-2H3. The summed E-state index contributed by atoms with van der Waals surface area (Å²) in [5.41, 5.74) is 1.64. The van der Waals surface area contributed by atoms with Gasteiger partial charge in [0.2, 0.25) is 10.0 Å². The third-order valence-corrected chi connectivity index (χ3v) is 5.24. The summed E-state index contributed by atoms with van der Waals surface area (Å²) in [6.07, 6.45) is -0.0274. The van der Waals surface area contributed by atoms with Gasteiger partial charge < -0.3 is 4.74 Å². The average Bonchev–Trinajstić information content (AvgIpc) is 2.62. The lowest BCUT2D eigenvalue weighted by atomic mass is 10.2. The smallest absolute Gasteiger partial charge is 0.324 e. The molecule has 1 N–H and O–H groups in total. The van der Waals surface area contributed by atoms with Crippen molar-refractivity contribution in [3.63, 3.8) is 0 Å². The highest BCUT2D eigenvalue weighted by molar-refractivity contribution is 7.89. The monoisotopic (exact) mass is 391 g/mol. The van der Waals surface area contributed by atoms with Gasteiger partial charge in [-0.15, -0.1) is 0 Å². The van der Waals surface area contributed by atoms with E-state index in [0.29, 0.717) is 10.6 Å². The number of rotatable bonds is 5. The molecule has 5 nitrogen and oxygen atoms in total. The Morgan fingerprint density at radius 3 is 2.35 bits per heavy atom. The second-order valence-electron chi connectivity index (χ2n) is 5.52. The Hall–Kier alpha value is -2.33. The van der Waals surface area contributed by atoms with E-state index in [-0.39, 0.29) is 11.3 Å². The number of hydrogen-bond donors (Lipinski definition) is 1. The van der Waals surface area contributed by atoms with Gasteiger partial charge in [-0.05, 0) is 43.3 Å². The Morgan fingerprint density at radius 1 is 1.15 bits per heavy atom. The van der Waals surface area contributed by atoms with Gasteiger partial charge in [0.25, 0.3) is 0 Å². The van der Waals surface area contributed by atoms with Crippen molar-refractivity contribution in [1.82, 2.24) is 4.72 Å². The summed E-state index contributed by atoms with van der Waals surface area (Å²) in [5.74, 6) is 4.96. The van der Waals surface area contributed by atoms with E-state index in [1.807, 2.05) is 6.92 Å². The predicted octanol–water partition coefficient (Wildman–Crippen LogP) is 2.91. The Labute approximate surface area is 158 Å². The van der Waals surface area contributed by atoms with Crippen LogP contribution in [-0.4, -0.2) is 27.5 Å². The normalized spacial score (nSPS) is 12.0. The first-order valence-electron chi connectivity index (χ1n) is 7.73. The molecule has 0 aromatic heterocycles. The number of esters is 1. The van der Waals surface area contributed by atoms with Crippen LogP contribution in [0.15, 0.2) is 53.4 Å². The molecule has 0 aliphatic heterocycles. The molecule has 2 aromatic carbocycles. The zero-order valence-corrected chi connectivity index (χ0v) is 15.9. The fourth-order valence-corrected chi connectivity index (χ4v) is 3.39. The molecule has 2 rings (SSSR count). The van der Waals surface area contributed by atoms with Gasteiger partial charge in [0, 0.05) is 17.0 Å². The summed E-state index contributed by atoms with van der Waals surface area (Å²) < 4.78 is 32.0. The van der Waals surface area contributed by atoms with Crippen LogP contribution in [0.2, 0.25) is 5.02 Å². The topological polar surface area (TPSA) is 72.5 Å². The van der Waals surface area contributed by atoms with Crippen LogP contribution in [0.5, 0.6) is 0 Å². The molecule has 1 unspecified atom stereocenters. The van der Waals surface area contributed by atoms with E-state index in [2.05, 4.69) is 21.3 Å². The number of halogens is 1. The molecule has 26 heavy (non-hydrogen) atoms. The van der Waals surface area contributed by atoms with Gasteiger partial charge in [-0.25, -0.2) is 8.42 Å². The van der Waals surface area contributed by atoms with Gasteiger partial charge >= 0.3 is 5.97 Å². The number of benzene rings is 2. The van der Waals surface area contributed by atoms with Crippen molar-refractivity contribution in [2.75, 3.05) is 7.11 Å². The van der Waals surface area contributed by atoms with E-state index in [1.54, 1.807) is 36.4 Å². The van der Waals surface area contributed by atoms with Crippen LogP contribution in [0, 0.1) is 18.8 Å². The van der Waals surface area contributed by atoms with Crippen LogP contribution >= 0.6 is 11.6 Å². The van der Waals surface area contributed by atoms with Crippen LogP contribution in [0.25, 0.3) is 0 Å². The van der Waals surface area contributed by atoms with Crippen molar-refractivity contribution in [3.8, 4) is 11.8 Å². The zero-order chi connectivity index (χ0) is 19.2. The molecule has 0 radical (unpaired) electrons. The summed E-state index contributed by atoms with van der Waals surface area (Å²) in [6.45, 7) is 1.85. The third-order valence-electron chi connectivity index (χ3n) is 3.50. The molecule has 2 aromatic rings. The number of nitrogens with one attached hydrogen (secondary N) is 1. The minimum atomic E-state index is -3.87. The SMILES string of the molecule is COC(=O)C(CC#Cc1ccc(Cl)cc1)NS(=O)(=O)c1ccc(C)cc1. The molecule has 0 fully saturated rings. The molecule has 0 heterocycles. The van der Waals surface area contributed by atoms with Gasteiger partial charge in [0.05, 0.1) is 12.0 Å². The maximum atomic E-state index is 12.5. The quantitative estimate of drug-likeness (QED) is 0.628. The number of carbonyl (C=O) groups is 1. The van der Waals surface area contributed by atoms with E-state index in [4.69, 9.17) is 11.6 Å². The summed E-state index contributed by atoms with van der Waals surface area (Å²) in [7, 11) is -2.67. The number of ether oxygens (including phenoxy) is 1. The van der Waals surface area contributed by atoms with Gasteiger partial charge in [-0.2, -0.15) is 4.72 Å². The number of hydrogen-bond acceptors (Lipinski definition) is 4. The van der Waals surface area contributed by atoms with Crippen LogP contribution in [0.3, 0.4) is 0 Å². The zero-order valence-electron chi connectivity index (χ0n) is 14.3. The van der Waals surface area contributed by atoms with Crippen LogP contribution in [0.1, 0.15) is 17.5 Å². The molecule has 0 spiro atoms. The van der Waals surface area contributed by atoms with Crippen LogP contribution in [0.4, 0.5) is 0 Å². The molecule has 0 saturated heterocycles. The first-order chi connectivity index (χ1) is 12.3. The molecule has 0 saturated carbocycles. The fraction of sp³-hybridized carbons (Fsp3) is 0.211. The number of sulfonamides is 1. The predicted molar refractivity (Wildman–Crippen MR) is 100 cm³/mol. The largest absolute Gasteiger partial charge is 0.468 e. The summed E-state index contributed by atoms with van der Waals surface area (Å²) >= 11 is 5.81. The van der Waals surface area contributed by atoms with E-state index in [1.165, 1.54) is 19.2 Å². The van der Waals surface area contributed by atoms with E-state index in [0.717, 1.165) is 5.56 Å². The van der Waals surface area contributed by atoms with E-state index >= 15 is 0 Å². The van der Waals surface area contributed by atoms with Crippen molar-refractivity contribution < 1.29 is 17.9 Å². The van der Waals surface area contributed by atoms with Gasteiger partial charge in [-0.3, -0.25) is 4.79 Å². The average molecular weight is 392 g/mol. The lowest BCUT2D eigenvalue weighted by Gasteiger charge is -2.14. The van der Waals surface area contributed by atoms with Crippen molar-refractivity contribution >= 4 is 27.6 Å². The van der Waals surface area contributed by atoms with E-state index < -0.39 is 22.0 Å². The first kappa shape index (κ1) is 20.0. The third kappa shape index (κ3) is 5.60. The minimum Gasteiger partial charge on any atom is -0.468 e. The number of methoxy groups -OCH3 is 1. The molecular weight excluding hydrogens is 374 g/mol. The van der Waals surface area contributed by atoms with Crippen molar-refractivity contribution in [3.05, 3.63) is 64.7 Å². The second-order valence-corrected chi connectivity index (χ2v) is 7.67. The summed E-state index contributed by atoms with van der Waals surface area (Å²) in [4.78, 5) is 12.0. The molecule has 1 atom stereocenters. The van der Waals surface area contributed by atoms with Crippen molar-refractivity contribution in [1.29, 1.82) is 0 Å². The maximum absolute atomic E-state index is 12.5. The first-order valence-corrected chi connectivity index (χ1v) is 9.59. The van der Waals surface area contributed by atoms with Gasteiger partial charge in [0.15, 0.2) is 0 Å². The fourth-order valence-electron chi connectivity index (χ4n) is 2.08. The lowest BCUT2D eigenvalue weighted by molar-refractivity contribution is -0.142. The van der Waals surface area contributed by atoms with E-state index in [9.17, 15) is 13.2 Å². The van der Waals surface area contributed by atoms with Crippen molar-refractivity contribution in [2.24, 2.45) is 0 Å². The van der Waals surface area contributed by atoms with Crippen LogP contribution in [-0.2, 0) is 19.6 Å². The summed E-state index contributed by atoms with van der Waals surface area (Å²) in [6, 6.07) is 12.1. The Bertz CT molecular complexity index is 926. The summed E-state index contributed by atoms with van der Waals surface area (Å²) in [5, 5.41) is 0.592. The minimum absolute atomic E-state index is 0.0274. The highest BCUT2D eigenvalue weighted by Crippen LogP contribution is 2.12. The Kier molecular flexibility index (Phi) is 6.81. The molecule has 0 amide bonds. The number of carbonyl (C=O) groups excluding carboxylic acids is 1.